The molecular weight excluding hydrogens is 287 g/mol. The number of hydrogen-bond acceptors (Lipinski definition) is 1. The van der Waals surface area contributed by atoms with Gasteiger partial charge in [-0.2, -0.15) is 0 Å². The van der Waals surface area contributed by atoms with Gasteiger partial charge in [0.1, 0.15) is 0 Å². The molecule has 1 nitrogen and oxygen atoms in total. The van der Waals surface area contributed by atoms with E-state index in [-0.39, 0.29) is 5.60 Å². The van der Waals surface area contributed by atoms with Crippen LogP contribution in [0, 0.1) is 0 Å². The number of hydrogen-bond donors (Lipinski definition) is 0. The molecule has 0 unspecified atom stereocenters. The van der Waals surface area contributed by atoms with Gasteiger partial charge in [0.2, 0.25) is 0 Å². The van der Waals surface area contributed by atoms with Crippen molar-refractivity contribution in [1.29, 1.82) is 0 Å². The van der Waals surface area contributed by atoms with Crippen LogP contribution in [-0.4, -0.2) is 16.6 Å². The molecule has 0 amide bonds. The van der Waals surface area contributed by atoms with Crippen LogP contribution in [-0.2, 0) is 4.74 Å². The lowest BCUT2D eigenvalue weighted by molar-refractivity contribution is -0.0371. The minimum Gasteiger partial charge on any atom is -0.374 e. The van der Waals surface area contributed by atoms with Crippen LogP contribution in [0.5, 0.6) is 0 Å². The molecule has 0 aromatic rings. The van der Waals surface area contributed by atoms with Crippen LogP contribution < -0.4 is 0 Å². The molecule has 2 heteroatoms. The number of alkyl halides is 1. The van der Waals surface area contributed by atoms with E-state index in [1.807, 2.05) is 0 Å². The molecular formula is C12H23IO. The third-order valence-electron chi connectivity index (χ3n) is 3.16. The van der Waals surface area contributed by atoms with E-state index in [9.17, 15) is 0 Å². The molecule has 0 atom stereocenters. The van der Waals surface area contributed by atoms with Crippen LogP contribution in [0.15, 0.2) is 0 Å². The van der Waals surface area contributed by atoms with Gasteiger partial charge >= 0.3 is 0 Å². The third-order valence-corrected chi connectivity index (χ3v) is 4.55. The molecule has 1 aliphatic carbocycles. The van der Waals surface area contributed by atoms with Crippen LogP contribution >= 0.6 is 22.6 Å². The minimum absolute atomic E-state index is 0.242. The Morgan fingerprint density at radius 2 is 1.79 bits per heavy atom. The first-order chi connectivity index (χ1) is 6.83. The third kappa shape index (κ3) is 4.05. The Bertz CT molecular complexity index is 139. The second-order valence-corrected chi connectivity index (χ2v) is 5.20. The molecule has 0 heterocycles. The number of unbranched alkanes of at least 4 members (excludes halogenated alkanes) is 1. The van der Waals surface area contributed by atoms with E-state index in [1.165, 1.54) is 55.8 Å². The molecule has 0 N–H and O–H groups in total. The van der Waals surface area contributed by atoms with Crippen molar-refractivity contribution in [2.75, 3.05) is 11.0 Å². The van der Waals surface area contributed by atoms with E-state index in [2.05, 4.69) is 29.5 Å². The molecule has 0 saturated heterocycles. The quantitative estimate of drug-likeness (QED) is 0.318. The topological polar surface area (TPSA) is 9.23 Å². The average Bonchev–Trinajstić information content (AvgIpc) is 2.45. The monoisotopic (exact) mass is 310 g/mol. The molecule has 84 valence electrons. The van der Waals surface area contributed by atoms with Gasteiger partial charge in [0.15, 0.2) is 0 Å². The summed E-state index contributed by atoms with van der Waals surface area (Å²) in [5, 5.41) is 0. The van der Waals surface area contributed by atoms with Gasteiger partial charge in [0, 0.05) is 11.0 Å². The van der Waals surface area contributed by atoms with Gasteiger partial charge < -0.3 is 4.74 Å². The van der Waals surface area contributed by atoms with E-state index in [4.69, 9.17) is 4.74 Å². The summed E-state index contributed by atoms with van der Waals surface area (Å²) in [4.78, 5) is 0. The maximum atomic E-state index is 6.13. The van der Waals surface area contributed by atoms with Crippen LogP contribution in [0.3, 0.4) is 0 Å². The molecule has 1 fully saturated rings. The first kappa shape index (κ1) is 12.8. The predicted molar refractivity (Wildman–Crippen MR) is 70.2 cm³/mol. The molecule has 0 radical (unpaired) electrons. The van der Waals surface area contributed by atoms with Gasteiger partial charge in [0.25, 0.3) is 0 Å². The summed E-state index contributed by atoms with van der Waals surface area (Å²) in [7, 11) is 0. The van der Waals surface area contributed by atoms with Crippen LogP contribution in [0.2, 0.25) is 0 Å². The number of halogens is 1. The fourth-order valence-corrected chi connectivity index (χ4v) is 3.11. The summed E-state index contributed by atoms with van der Waals surface area (Å²) in [5.41, 5.74) is 0.242. The highest BCUT2D eigenvalue weighted by Crippen LogP contribution is 2.32. The molecule has 0 aliphatic heterocycles. The molecule has 0 aromatic heterocycles. The molecule has 1 aliphatic rings. The maximum absolute atomic E-state index is 6.13. The summed E-state index contributed by atoms with van der Waals surface area (Å²) in [5.74, 6) is 0. The highest BCUT2D eigenvalue weighted by molar-refractivity contribution is 14.1. The molecule has 0 spiro atoms. The van der Waals surface area contributed by atoms with Crippen molar-refractivity contribution < 1.29 is 4.74 Å². The second kappa shape index (κ2) is 7.04. The van der Waals surface area contributed by atoms with E-state index in [0.717, 1.165) is 6.61 Å². The van der Waals surface area contributed by atoms with Gasteiger partial charge in [-0.15, -0.1) is 0 Å². The molecule has 1 rings (SSSR count). The Balaban J connectivity index is 2.37. The normalized spacial score (nSPS) is 21.9. The molecule has 14 heavy (non-hydrogen) atoms. The summed E-state index contributed by atoms with van der Waals surface area (Å²) in [6, 6.07) is 0. The predicted octanol–water partition coefficient (Wildman–Crippen LogP) is 4.33. The first-order valence-electron chi connectivity index (χ1n) is 6.03. The lowest BCUT2D eigenvalue weighted by Gasteiger charge is -2.31. The standard InChI is InChI=1S/C12H23IO/c1-2-3-10-14-12(11-13)8-6-4-5-7-9-12/h2-11H2,1H3. The Labute approximate surface area is 102 Å². The second-order valence-electron chi connectivity index (χ2n) is 4.43. The summed E-state index contributed by atoms with van der Waals surface area (Å²) >= 11 is 2.50. The van der Waals surface area contributed by atoms with Crippen LogP contribution in [0.4, 0.5) is 0 Å². The highest BCUT2D eigenvalue weighted by Gasteiger charge is 2.30. The Morgan fingerprint density at radius 1 is 1.14 bits per heavy atom. The van der Waals surface area contributed by atoms with Gasteiger partial charge in [-0.05, 0) is 19.3 Å². The number of ether oxygens (including phenoxy) is 1. The first-order valence-corrected chi connectivity index (χ1v) is 7.55. The largest absolute Gasteiger partial charge is 0.374 e. The summed E-state index contributed by atoms with van der Waals surface area (Å²) < 4.78 is 7.31. The van der Waals surface area contributed by atoms with Crippen molar-refractivity contribution in [3.05, 3.63) is 0 Å². The van der Waals surface area contributed by atoms with E-state index in [1.54, 1.807) is 0 Å². The van der Waals surface area contributed by atoms with E-state index < -0.39 is 0 Å². The van der Waals surface area contributed by atoms with Gasteiger partial charge in [-0.1, -0.05) is 61.6 Å². The summed E-state index contributed by atoms with van der Waals surface area (Å²) in [6.45, 7) is 3.20. The zero-order chi connectivity index (χ0) is 10.3. The Hall–Kier alpha value is 0.690. The fraction of sp³-hybridized carbons (Fsp3) is 1.00. The SMILES string of the molecule is CCCCOC1(CI)CCCCCC1. The van der Waals surface area contributed by atoms with Crippen LogP contribution in [0.1, 0.15) is 58.3 Å². The minimum atomic E-state index is 0.242. The Kier molecular flexibility index (Phi) is 6.42. The zero-order valence-electron chi connectivity index (χ0n) is 9.36. The fourth-order valence-electron chi connectivity index (χ4n) is 2.12. The van der Waals surface area contributed by atoms with E-state index in [0.29, 0.717) is 0 Å². The van der Waals surface area contributed by atoms with Crippen molar-refractivity contribution in [1.82, 2.24) is 0 Å². The van der Waals surface area contributed by atoms with Crippen LogP contribution in [0.25, 0.3) is 0 Å². The van der Waals surface area contributed by atoms with Gasteiger partial charge in [-0.3, -0.25) is 0 Å². The lowest BCUT2D eigenvalue weighted by Crippen LogP contribution is -2.34. The van der Waals surface area contributed by atoms with E-state index >= 15 is 0 Å². The summed E-state index contributed by atoms with van der Waals surface area (Å²) in [6.07, 6.45) is 10.6. The maximum Gasteiger partial charge on any atom is 0.0771 e. The van der Waals surface area contributed by atoms with Crippen molar-refractivity contribution in [3.63, 3.8) is 0 Å². The lowest BCUT2D eigenvalue weighted by atomic mass is 9.97. The smallest absolute Gasteiger partial charge is 0.0771 e. The van der Waals surface area contributed by atoms with Crippen molar-refractivity contribution in [2.24, 2.45) is 0 Å². The molecule has 0 bridgehead atoms. The van der Waals surface area contributed by atoms with Gasteiger partial charge in [0.05, 0.1) is 5.60 Å². The Morgan fingerprint density at radius 3 is 2.29 bits per heavy atom. The van der Waals surface area contributed by atoms with Gasteiger partial charge in [-0.25, -0.2) is 0 Å². The average molecular weight is 310 g/mol. The highest BCUT2D eigenvalue weighted by atomic mass is 127. The zero-order valence-corrected chi connectivity index (χ0v) is 11.5. The van der Waals surface area contributed by atoms with Crippen molar-refractivity contribution >= 4 is 22.6 Å². The number of rotatable bonds is 5. The van der Waals surface area contributed by atoms with Crippen molar-refractivity contribution in [2.45, 2.75) is 63.9 Å². The van der Waals surface area contributed by atoms with Crippen molar-refractivity contribution in [3.8, 4) is 0 Å². The molecule has 0 aromatic carbocycles. The molecule has 1 saturated carbocycles.